The van der Waals surface area contributed by atoms with E-state index in [1.165, 1.54) is 22.5 Å². The van der Waals surface area contributed by atoms with E-state index in [9.17, 15) is 17.6 Å². The van der Waals surface area contributed by atoms with Crippen LogP contribution >= 0.6 is 11.6 Å². The van der Waals surface area contributed by atoms with Gasteiger partial charge in [-0.05, 0) is 49.2 Å². The van der Waals surface area contributed by atoms with Gasteiger partial charge < -0.3 is 10.5 Å². The van der Waals surface area contributed by atoms with Gasteiger partial charge in [-0.1, -0.05) is 23.7 Å². The van der Waals surface area contributed by atoms with E-state index in [1.807, 2.05) is 0 Å². The minimum absolute atomic E-state index is 0.0141. The van der Waals surface area contributed by atoms with Crippen molar-refractivity contribution < 1.29 is 22.3 Å². The van der Waals surface area contributed by atoms with Crippen LogP contribution in [0.1, 0.15) is 19.3 Å². The monoisotopic (exact) mass is 440 g/mol. The van der Waals surface area contributed by atoms with Gasteiger partial charge in [-0.15, -0.1) is 0 Å². The number of primary amides is 1. The molecule has 29 heavy (non-hydrogen) atoms. The summed E-state index contributed by atoms with van der Waals surface area (Å²) in [5.74, 6) is -0.807. The normalized spacial score (nSPS) is 20.3. The van der Waals surface area contributed by atoms with Crippen molar-refractivity contribution in [1.29, 1.82) is 0 Å². The molecule has 6 nitrogen and oxygen atoms in total. The average Bonchev–Trinajstić information content (AvgIpc) is 2.67. The molecule has 0 saturated carbocycles. The highest BCUT2D eigenvalue weighted by Gasteiger charge is 2.42. The summed E-state index contributed by atoms with van der Waals surface area (Å²) in [6.07, 6.45) is 1.03. The van der Waals surface area contributed by atoms with Gasteiger partial charge >= 0.3 is 0 Å². The molecule has 1 fully saturated rings. The number of hydrogen-bond acceptors (Lipinski definition) is 4. The highest BCUT2D eigenvalue weighted by Crippen LogP contribution is 2.37. The van der Waals surface area contributed by atoms with Crippen LogP contribution in [0.4, 0.5) is 4.39 Å². The molecule has 1 atom stereocenters. The van der Waals surface area contributed by atoms with Crippen molar-refractivity contribution in [2.75, 3.05) is 19.7 Å². The minimum atomic E-state index is -4.05. The highest BCUT2D eigenvalue weighted by molar-refractivity contribution is 7.89. The van der Waals surface area contributed by atoms with Gasteiger partial charge in [0.2, 0.25) is 15.9 Å². The van der Waals surface area contributed by atoms with E-state index in [4.69, 9.17) is 22.1 Å². The Hall–Kier alpha value is -2.16. The predicted molar refractivity (Wildman–Crippen MR) is 108 cm³/mol. The Labute approximate surface area is 174 Å². The fourth-order valence-electron chi connectivity index (χ4n) is 3.61. The summed E-state index contributed by atoms with van der Waals surface area (Å²) < 4.78 is 47.2. The first-order valence-corrected chi connectivity index (χ1v) is 11.0. The maximum atomic E-state index is 14.1. The fourth-order valence-corrected chi connectivity index (χ4v) is 5.39. The molecule has 1 aliphatic heterocycles. The van der Waals surface area contributed by atoms with Gasteiger partial charge in [0.25, 0.3) is 0 Å². The highest BCUT2D eigenvalue weighted by atomic mass is 35.5. The van der Waals surface area contributed by atoms with Crippen molar-refractivity contribution in [3.63, 3.8) is 0 Å². The third-order valence-electron chi connectivity index (χ3n) is 4.99. The SMILES string of the molecule is NC(=O)C[C@@]1(COc2ccc(Cl)cc2)CCCN(S(=O)(=O)c2ccccc2F)C1. The van der Waals surface area contributed by atoms with Crippen LogP contribution in [0, 0.1) is 11.2 Å². The summed E-state index contributed by atoms with van der Waals surface area (Å²) in [6.45, 7) is 0.346. The fraction of sp³-hybridized carbons (Fsp3) is 0.350. The zero-order valence-electron chi connectivity index (χ0n) is 15.7. The Bertz CT molecular complexity index is 984. The Morgan fingerprint density at radius 2 is 1.90 bits per heavy atom. The molecule has 156 valence electrons. The molecule has 3 rings (SSSR count). The first-order chi connectivity index (χ1) is 13.7. The van der Waals surface area contributed by atoms with Crippen molar-refractivity contribution in [1.82, 2.24) is 4.31 Å². The first kappa shape index (κ1) is 21.5. The van der Waals surface area contributed by atoms with Crippen LogP contribution in [-0.4, -0.2) is 38.3 Å². The van der Waals surface area contributed by atoms with Gasteiger partial charge in [-0.25, -0.2) is 12.8 Å². The molecule has 1 amide bonds. The molecule has 2 aromatic rings. The molecule has 0 aliphatic carbocycles. The zero-order chi connectivity index (χ0) is 21.1. The second-order valence-corrected chi connectivity index (χ2v) is 9.60. The molecular formula is C20H22ClFN2O4S. The molecule has 1 saturated heterocycles. The van der Waals surface area contributed by atoms with Crippen LogP contribution in [-0.2, 0) is 14.8 Å². The first-order valence-electron chi connectivity index (χ1n) is 9.13. The molecule has 1 aliphatic rings. The number of carbonyl (C=O) groups is 1. The molecule has 2 aromatic carbocycles. The summed E-state index contributed by atoms with van der Waals surface area (Å²) in [7, 11) is -4.05. The van der Waals surface area contributed by atoms with Crippen LogP contribution in [0.25, 0.3) is 0 Å². The lowest BCUT2D eigenvalue weighted by atomic mass is 9.78. The molecule has 1 heterocycles. The number of hydrogen-bond donors (Lipinski definition) is 1. The molecular weight excluding hydrogens is 419 g/mol. The van der Waals surface area contributed by atoms with Gasteiger partial charge in [0.1, 0.15) is 16.5 Å². The van der Waals surface area contributed by atoms with E-state index in [0.717, 1.165) is 6.07 Å². The van der Waals surface area contributed by atoms with Crippen molar-refractivity contribution in [3.05, 3.63) is 59.4 Å². The predicted octanol–water partition coefficient (Wildman–Crippen LogP) is 3.20. The average molecular weight is 441 g/mol. The lowest BCUT2D eigenvalue weighted by Gasteiger charge is -2.41. The van der Waals surface area contributed by atoms with Crippen LogP contribution in [0.2, 0.25) is 5.02 Å². The number of ether oxygens (including phenoxy) is 1. The maximum absolute atomic E-state index is 14.1. The quantitative estimate of drug-likeness (QED) is 0.715. The van der Waals surface area contributed by atoms with Gasteiger partial charge in [-0.3, -0.25) is 4.79 Å². The lowest BCUT2D eigenvalue weighted by Crippen LogP contribution is -2.50. The molecule has 2 N–H and O–H groups in total. The van der Waals surface area contributed by atoms with Crippen molar-refractivity contribution in [3.8, 4) is 5.75 Å². The number of sulfonamides is 1. The number of nitrogens with two attached hydrogens (primary N) is 1. The molecule has 0 bridgehead atoms. The van der Waals surface area contributed by atoms with Crippen LogP contribution in [0.5, 0.6) is 5.75 Å². The van der Waals surface area contributed by atoms with E-state index in [1.54, 1.807) is 24.3 Å². The van der Waals surface area contributed by atoms with Crippen LogP contribution < -0.4 is 10.5 Å². The third-order valence-corrected chi connectivity index (χ3v) is 7.12. The lowest BCUT2D eigenvalue weighted by molar-refractivity contribution is -0.121. The molecule has 0 aromatic heterocycles. The number of amides is 1. The van der Waals surface area contributed by atoms with E-state index < -0.39 is 27.2 Å². The topological polar surface area (TPSA) is 89.7 Å². The summed E-state index contributed by atoms with van der Waals surface area (Å²) in [5, 5.41) is 0.559. The number of piperidine rings is 1. The van der Waals surface area contributed by atoms with Crippen molar-refractivity contribution >= 4 is 27.5 Å². The standard InChI is InChI=1S/C20H22ClFN2O4S/c21-15-6-8-16(9-7-15)28-14-20(12-19(23)25)10-3-11-24(13-20)29(26,27)18-5-2-1-4-17(18)22/h1-2,4-9H,3,10-14H2,(H2,23,25)/t20-/m0/s1. The second kappa shape index (κ2) is 8.69. The summed E-state index contributed by atoms with van der Waals surface area (Å²) in [4.78, 5) is 11.3. The van der Waals surface area contributed by atoms with Crippen molar-refractivity contribution in [2.45, 2.75) is 24.2 Å². The van der Waals surface area contributed by atoms with E-state index in [2.05, 4.69) is 0 Å². The van der Waals surface area contributed by atoms with Gasteiger partial charge in [0.05, 0.1) is 6.61 Å². The number of nitrogens with zero attached hydrogens (tertiary/aromatic N) is 1. The summed E-state index contributed by atoms with van der Waals surface area (Å²) in [5.41, 5.74) is 4.64. The number of rotatable bonds is 7. The maximum Gasteiger partial charge on any atom is 0.246 e. The van der Waals surface area contributed by atoms with Gasteiger partial charge in [-0.2, -0.15) is 4.31 Å². The Morgan fingerprint density at radius 3 is 2.55 bits per heavy atom. The number of halogens is 2. The molecule has 0 radical (unpaired) electrons. The van der Waals surface area contributed by atoms with Gasteiger partial charge in [0, 0.05) is 29.9 Å². The Balaban J connectivity index is 1.84. The Kier molecular flexibility index (Phi) is 6.45. The van der Waals surface area contributed by atoms with Crippen LogP contribution in [0.3, 0.4) is 0 Å². The minimum Gasteiger partial charge on any atom is -0.493 e. The zero-order valence-corrected chi connectivity index (χ0v) is 17.3. The molecule has 0 unspecified atom stereocenters. The second-order valence-electron chi connectivity index (χ2n) is 7.26. The number of carbonyl (C=O) groups excluding carboxylic acids is 1. The van der Waals surface area contributed by atoms with Crippen molar-refractivity contribution in [2.24, 2.45) is 11.1 Å². The smallest absolute Gasteiger partial charge is 0.246 e. The van der Waals surface area contributed by atoms with E-state index in [-0.39, 0.29) is 31.0 Å². The third kappa shape index (κ3) is 5.07. The van der Waals surface area contributed by atoms with Gasteiger partial charge in [0.15, 0.2) is 0 Å². The number of benzene rings is 2. The van der Waals surface area contributed by atoms with E-state index >= 15 is 0 Å². The Morgan fingerprint density at radius 1 is 1.21 bits per heavy atom. The largest absolute Gasteiger partial charge is 0.493 e. The van der Waals surface area contributed by atoms with Crippen LogP contribution in [0.15, 0.2) is 53.4 Å². The molecule has 9 heteroatoms. The van der Waals surface area contributed by atoms with E-state index in [0.29, 0.717) is 23.6 Å². The molecule has 0 spiro atoms. The summed E-state index contributed by atoms with van der Waals surface area (Å²) in [6, 6.07) is 12.0. The summed E-state index contributed by atoms with van der Waals surface area (Å²) >= 11 is 5.88.